The SMILES string of the molecule is CCOC(=O)N1CCN(Cc2sccc2Br)CC1. The highest BCUT2D eigenvalue weighted by atomic mass is 79.9. The molecule has 4 nitrogen and oxygen atoms in total. The molecule has 18 heavy (non-hydrogen) atoms. The smallest absolute Gasteiger partial charge is 0.409 e. The molecule has 1 fully saturated rings. The van der Waals surface area contributed by atoms with Crippen molar-refractivity contribution in [1.82, 2.24) is 9.80 Å². The van der Waals surface area contributed by atoms with Crippen LogP contribution in [0.2, 0.25) is 0 Å². The molecule has 1 amide bonds. The van der Waals surface area contributed by atoms with Crippen molar-refractivity contribution < 1.29 is 9.53 Å². The Morgan fingerprint density at radius 3 is 2.72 bits per heavy atom. The van der Waals surface area contributed by atoms with Crippen molar-refractivity contribution in [2.24, 2.45) is 0 Å². The van der Waals surface area contributed by atoms with Gasteiger partial charge in [0.25, 0.3) is 0 Å². The molecule has 2 heterocycles. The number of carbonyl (C=O) groups excluding carboxylic acids is 1. The van der Waals surface area contributed by atoms with Gasteiger partial charge in [0.2, 0.25) is 0 Å². The molecule has 1 aromatic heterocycles. The summed E-state index contributed by atoms with van der Waals surface area (Å²) in [5.41, 5.74) is 0. The van der Waals surface area contributed by atoms with E-state index in [4.69, 9.17) is 4.74 Å². The summed E-state index contributed by atoms with van der Waals surface area (Å²) >= 11 is 5.31. The highest BCUT2D eigenvalue weighted by Gasteiger charge is 2.22. The molecule has 6 heteroatoms. The molecule has 1 saturated heterocycles. The van der Waals surface area contributed by atoms with Gasteiger partial charge in [-0.15, -0.1) is 11.3 Å². The van der Waals surface area contributed by atoms with Crippen molar-refractivity contribution in [2.45, 2.75) is 13.5 Å². The Balaban J connectivity index is 1.80. The first kappa shape index (κ1) is 13.8. The van der Waals surface area contributed by atoms with Crippen molar-refractivity contribution >= 4 is 33.4 Å². The van der Waals surface area contributed by atoms with E-state index < -0.39 is 0 Å². The lowest BCUT2D eigenvalue weighted by Gasteiger charge is -2.33. The molecule has 1 aliphatic rings. The van der Waals surface area contributed by atoms with E-state index in [-0.39, 0.29) is 6.09 Å². The molecule has 0 bridgehead atoms. The van der Waals surface area contributed by atoms with Crippen LogP contribution in [0.4, 0.5) is 4.79 Å². The van der Waals surface area contributed by atoms with Crippen molar-refractivity contribution in [2.75, 3.05) is 32.8 Å². The predicted octanol–water partition coefficient (Wildman–Crippen LogP) is 2.78. The maximum Gasteiger partial charge on any atom is 0.409 e. The highest BCUT2D eigenvalue weighted by Crippen LogP contribution is 2.24. The third-order valence-corrected chi connectivity index (χ3v) is 4.87. The summed E-state index contributed by atoms with van der Waals surface area (Å²) in [4.78, 5) is 17.1. The third-order valence-electron chi connectivity index (χ3n) is 2.96. The lowest BCUT2D eigenvalue weighted by Crippen LogP contribution is -2.48. The fraction of sp³-hybridized carbons (Fsp3) is 0.583. The van der Waals surface area contributed by atoms with Gasteiger partial charge in [0, 0.05) is 42.1 Å². The van der Waals surface area contributed by atoms with Crippen LogP contribution in [0.1, 0.15) is 11.8 Å². The largest absolute Gasteiger partial charge is 0.450 e. The van der Waals surface area contributed by atoms with E-state index >= 15 is 0 Å². The molecule has 0 unspecified atom stereocenters. The van der Waals surface area contributed by atoms with Crippen LogP contribution >= 0.6 is 27.3 Å². The molecule has 0 aromatic carbocycles. The maximum absolute atomic E-state index is 11.6. The van der Waals surface area contributed by atoms with Gasteiger partial charge >= 0.3 is 6.09 Å². The average molecular weight is 333 g/mol. The van der Waals surface area contributed by atoms with Crippen molar-refractivity contribution in [3.63, 3.8) is 0 Å². The van der Waals surface area contributed by atoms with Crippen LogP contribution in [0.3, 0.4) is 0 Å². The molecular formula is C12H17BrN2O2S. The number of thiophene rings is 1. The Kier molecular flexibility index (Phi) is 5.03. The normalized spacial score (nSPS) is 16.9. The van der Waals surface area contributed by atoms with Gasteiger partial charge in [-0.3, -0.25) is 4.90 Å². The van der Waals surface area contributed by atoms with Crippen LogP contribution in [0.5, 0.6) is 0 Å². The number of ether oxygens (including phenoxy) is 1. The zero-order valence-electron chi connectivity index (χ0n) is 10.4. The topological polar surface area (TPSA) is 32.8 Å². The lowest BCUT2D eigenvalue weighted by atomic mass is 10.3. The minimum Gasteiger partial charge on any atom is -0.450 e. The summed E-state index contributed by atoms with van der Waals surface area (Å²) < 4.78 is 6.19. The lowest BCUT2D eigenvalue weighted by molar-refractivity contribution is 0.0780. The van der Waals surface area contributed by atoms with Crippen LogP contribution in [0.25, 0.3) is 0 Å². The second-order valence-corrected chi connectivity index (χ2v) is 6.01. The summed E-state index contributed by atoms with van der Waals surface area (Å²) in [5.74, 6) is 0. The molecular weight excluding hydrogens is 316 g/mol. The van der Waals surface area contributed by atoms with Crippen LogP contribution in [0, 0.1) is 0 Å². The Bertz CT molecular complexity index is 403. The van der Waals surface area contributed by atoms with Gasteiger partial charge in [0.1, 0.15) is 0 Å². The monoisotopic (exact) mass is 332 g/mol. The summed E-state index contributed by atoms with van der Waals surface area (Å²) in [6, 6.07) is 2.08. The van der Waals surface area contributed by atoms with Crippen LogP contribution in [0.15, 0.2) is 15.9 Å². The summed E-state index contributed by atoms with van der Waals surface area (Å²) in [6.45, 7) is 6.55. The number of carbonyl (C=O) groups is 1. The summed E-state index contributed by atoms with van der Waals surface area (Å²) in [7, 11) is 0. The zero-order valence-corrected chi connectivity index (χ0v) is 12.8. The van der Waals surface area contributed by atoms with Crippen molar-refractivity contribution in [1.29, 1.82) is 0 Å². The van der Waals surface area contributed by atoms with Gasteiger partial charge in [-0.2, -0.15) is 0 Å². The first-order valence-electron chi connectivity index (χ1n) is 6.06. The van der Waals surface area contributed by atoms with E-state index in [2.05, 4.69) is 32.3 Å². The van der Waals surface area contributed by atoms with Crippen molar-refractivity contribution in [3.05, 3.63) is 20.8 Å². The highest BCUT2D eigenvalue weighted by molar-refractivity contribution is 9.10. The second-order valence-electron chi connectivity index (χ2n) is 4.15. The molecule has 0 saturated carbocycles. The average Bonchev–Trinajstić information content (AvgIpc) is 2.76. The molecule has 1 aromatic rings. The van der Waals surface area contributed by atoms with Crippen LogP contribution < -0.4 is 0 Å². The molecule has 0 radical (unpaired) electrons. The van der Waals surface area contributed by atoms with Gasteiger partial charge in [-0.05, 0) is 34.3 Å². The summed E-state index contributed by atoms with van der Waals surface area (Å²) in [5, 5.41) is 2.09. The number of hydrogen-bond donors (Lipinski definition) is 0. The van der Waals surface area contributed by atoms with E-state index in [1.807, 2.05) is 6.92 Å². The van der Waals surface area contributed by atoms with Gasteiger partial charge < -0.3 is 9.64 Å². The van der Waals surface area contributed by atoms with Crippen LogP contribution in [-0.2, 0) is 11.3 Å². The second kappa shape index (κ2) is 6.54. The summed E-state index contributed by atoms with van der Waals surface area (Å²) in [6.07, 6.45) is -0.186. The van der Waals surface area contributed by atoms with Gasteiger partial charge in [-0.1, -0.05) is 0 Å². The fourth-order valence-electron chi connectivity index (χ4n) is 1.94. The van der Waals surface area contributed by atoms with E-state index in [0.29, 0.717) is 6.61 Å². The van der Waals surface area contributed by atoms with Gasteiger partial charge in [-0.25, -0.2) is 4.79 Å². The molecule has 100 valence electrons. The first-order chi connectivity index (χ1) is 8.70. The molecule has 0 atom stereocenters. The number of amides is 1. The Morgan fingerprint density at radius 2 is 2.17 bits per heavy atom. The van der Waals surface area contributed by atoms with E-state index in [1.54, 1.807) is 16.2 Å². The van der Waals surface area contributed by atoms with Crippen molar-refractivity contribution in [3.8, 4) is 0 Å². The molecule has 0 spiro atoms. The van der Waals surface area contributed by atoms with Gasteiger partial charge in [0.15, 0.2) is 0 Å². The molecule has 0 N–H and O–H groups in total. The quantitative estimate of drug-likeness (QED) is 0.853. The standard InChI is InChI=1S/C12H17BrN2O2S/c1-2-17-12(16)15-6-4-14(5-7-15)9-11-10(13)3-8-18-11/h3,8H,2,4-7,9H2,1H3. The van der Waals surface area contributed by atoms with E-state index in [9.17, 15) is 4.79 Å². The Morgan fingerprint density at radius 1 is 1.44 bits per heavy atom. The molecule has 2 rings (SSSR count). The zero-order chi connectivity index (χ0) is 13.0. The Labute approximate surface area is 120 Å². The minimum atomic E-state index is -0.186. The molecule has 0 aliphatic carbocycles. The number of hydrogen-bond acceptors (Lipinski definition) is 4. The molecule has 1 aliphatic heterocycles. The predicted molar refractivity (Wildman–Crippen MR) is 75.9 cm³/mol. The number of nitrogens with zero attached hydrogens (tertiary/aromatic N) is 2. The number of halogens is 1. The van der Waals surface area contributed by atoms with E-state index in [1.165, 1.54) is 9.35 Å². The number of rotatable bonds is 3. The van der Waals surface area contributed by atoms with Crippen LogP contribution in [-0.4, -0.2) is 48.7 Å². The van der Waals surface area contributed by atoms with Gasteiger partial charge in [0.05, 0.1) is 6.61 Å². The van der Waals surface area contributed by atoms with E-state index in [0.717, 1.165) is 32.7 Å². The third kappa shape index (κ3) is 3.46. The minimum absolute atomic E-state index is 0.186. The fourth-order valence-corrected chi connectivity index (χ4v) is 3.46. The maximum atomic E-state index is 11.6. The number of piperazine rings is 1. The Hall–Kier alpha value is -0.590. The first-order valence-corrected chi connectivity index (χ1v) is 7.74.